The van der Waals surface area contributed by atoms with Crippen LogP contribution < -0.4 is 10.5 Å². The molecule has 0 bridgehead atoms. The number of halogens is 3. The molecule has 0 radical (unpaired) electrons. The summed E-state index contributed by atoms with van der Waals surface area (Å²) in [5, 5.41) is 0. The van der Waals surface area contributed by atoms with Gasteiger partial charge in [-0.25, -0.2) is 0 Å². The van der Waals surface area contributed by atoms with Crippen molar-refractivity contribution >= 4 is 5.91 Å². The first-order valence-corrected chi connectivity index (χ1v) is 7.62. The molecular formula is C16H21F3N2O2. The number of rotatable bonds is 5. The minimum absolute atomic E-state index is 0.0593. The quantitative estimate of drug-likeness (QED) is 0.903. The zero-order valence-corrected chi connectivity index (χ0v) is 13.0. The molecule has 0 aliphatic carbocycles. The van der Waals surface area contributed by atoms with E-state index in [0.29, 0.717) is 31.8 Å². The fraction of sp³-hybridized carbons (Fsp3) is 0.562. The number of carbonyl (C=O) groups excluding carboxylic acids is 1. The highest BCUT2D eigenvalue weighted by atomic mass is 19.4. The normalized spacial score (nSPS) is 21.5. The van der Waals surface area contributed by atoms with E-state index in [-0.39, 0.29) is 17.7 Å². The summed E-state index contributed by atoms with van der Waals surface area (Å²) in [7, 11) is 0. The molecule has 1 heterocycles. The molecule has 1 aliphatic rings. The third kappa shape index (κ3) is 5.13. The van der Waals surface area contributed by atoms with Crippen molar-refractivity contribution in [2.75, 3.05) is 13.1 Å². The van der Waals surface area contributed by atoms with E-state index in [0.717, 1.165) is 12.0 Å². The molecule has 7 heteroatoms. The molecule has 1 amide bonds. The van der Waals surface area contributed by atoms with E-state index >= 15 is 0 Å². The molecule has 1 saturated heterocycles. The molecule has 2 rings (SSSR count). The summed E-state index contributed by atoms with van der Waals surface area (Å²) >= 11 is 0. The molecule has 128 valence electrons. The number of nitrogens with zero attached hydrogens (tertiary/aromatic N) is 1. The largest absolute Gasteiger partial charge is 0.573 e. The standard InChI is InChI=1S/C16H21F3N2O2/c1-11-8-13(9-20)10-21(11)15(22)7-4-12-2-5-14(6-3-12)23-16(17,18)19/h2-3,5-6,11,13H,4,7-10,20H2,1H3. The molecule has 2 N–H and O–H groups in total. The van der Waals surface area contributed by atoms with Gasteiger partial charge in [-0.05, 0) is 49.9 Å². The van der Waals surface area contributed by atoms with Crippen LogP contribution in [0.25, 0.3) is 0 Å². The first-order chi connectivity index (χ1) is 10.8. The molecular weight excluding hydrogens is 309 g/mol. The maximum atomic E-state index is 12.3. The van der Waals surface area contributed by atoms with Gasteiger partial charge in [0, 0.05) is 19.0 Å². The van der Waals surface area contributed by atoms with E-state index in [2.05, 4.69) is 4.74 Å². The zero-order valence-electron chi connectivity index (χ0n) is 13.0. The highest BCUT2D eigenvalue weighted by Crippen LogP contribution is 2.25. The average molecular weight is 330 g/mol. The van der Waals surface area contributed by atoms with Gasteiger partial charge in [0.2, 0.25) is 5.91 Å². The SMILES string of the molecule is CC1CC(CN)CN1C(=O)CCc1ccc(OC(F)(F)F)cc1. The molecule has 1 aromatic carbocycles. The van der Waals surface area contributed by atoms with Crippen LogP contribution in [0.2, 0.25) is 0 Å². The minimum atomic E-state index is -4.69. The topological polar surface area (TPSA) is 55.6 Å². The lowest BCUT2D eigenvalue weighted by molar-refractivity contribution is -0.274. The molecule has 1 fully saturated rings. The molecule has 0 saturated carbocycles. The van der Waals surface area contributed by atoms with Gasteiger partial charge in [0.1, 0.15) is 5.75 Å². The van der Waals surface area contributed by atoms with Gasteiger partial charge < -0.3 is 15.4 Å². The zero-order chi connectivity index (χ0) is 17.0. The molecule has 2 atom stereocenters. The monoisotopic (exact) mass is 330 g/mol. The summed E-state index contributed by atoms with van der Waals surface area (Å²) < 4.78 is 40.1. The number of likely N-dealkylation sites (tertiary alicyclic amines) is 1. The predicted molar refractivity (Wildman–Crippen MR) is 79.8 cm³/mol. The van der Waals surface area contributed by atoms with Crippen molar-refractivity contribution in [3.63, 3.8) is 0 Å². The van der Waals surface area contributed by atoms with Gasteiger partial charge in [-0.1, -0.05) is 12.1 Å². The first kappa shape index (κ1) is 17.6. The van der Waals surface area contributed by atoms with Crippen molar-refractivity contribution in [1.82, 2.24) is 4.90 Å². The van der Waals surface area contributed by atoms with Crippen LogP contribution in [0.4, 0.5) is 13.2 Å². The van der Waals surface area contributed by atoms with E-state index in [4.69, 9.17) is 5.73 Å². The second-order valence-corrected chi connectivity index (χ2v) is 5.92. The number of carbonyl (C=O) groups is 1. The smallest absolute Gasteiger partial charge is 0.406 e. The van der Waals surface area contributed by atoms with Crippen LogP contribution >= 0.6 is 0 Å². The van der Waals surface area contributed by atoms with Crippen LogP contribution in [0.1, 0.15) is 25.3 Å². The van der Waals surface area contributed by atoms with Crippen molar-refractivity contribution in [1.29, 1.82) is 0 Å². The van der Waals surface area contributed by atoms with Gasteiger partial charge >= 0.3 is 6.36 Å². The van der Waals surface area contributed by atoms with Gasteiger partial charge in [-0.15, -0.1) is 13.2 Å². The Hall–Kier alpha value is -1.76. The summed E-state index contributed by atoms with van der Waals surface area (Å²) in [5.74, 6) is 0.156. The van der Waals surface area contributed by atoms with Crippen molar-refractivity contribution in [2.45, 2.75) is 38.6 Å². The third-order valence-corrected chi connectivity index (χ3v) is 4.10. The van der Waals surface area contributed by atoms with Crippen LogP contribution in [-0.2, 0) is 11.2 Å². The maximum Gasteiger partial charge on any atom is 0.573 e. The van der Waals surface area contributed by atoms with Crippen LogP contribution in [0.15, 0.2) is 24.3 Å². The van der Waals surface area contributed by atoms with Gasteiger partial charge in [0.25, 0.3) is 0 Å². The van der Waals surface area contributed by atoms with E-state index in [1.54, 1.807) is 12.1 Å². The van der Waals surface area contributed by atoms with Crippen LogP contribution in [0.3, 0.4) is 0 Å². The molecule has 1 aromatic rings. The number of aryl methyl sites for hydroxylation is 1. The molecule has 0 aromatic heterocycles. The van der Waals surface area contributed by atoms with Crippen molar-refractivity contribution in [3.8, 4) is 5.75 Å². The van der Waals surface area contributed by atoms with Crippen molar-refractivity contribution < 1.29 is 22.7 Å². The number of hydrogen-bond acceptors (Lipinski definition) is 3. The Morgan fingerprint density at radius 1 is 1.35 bits per heavy atom. The lowest BCUT2D eigenvalue weighted by atomic mass is 10.1. The summed E-state index contributed by atoms with van der Waals surface area (Å²) in [6, 6.07) is 5.81. The predicted octanol–water partition coefficient (Wildman–Crippen LogP) is 2.71. The number of alkyl halides is 3. The molecule has 1 aliphatic heterocycles. The van der Waals surface area contributed by atoms with Crippen molar-refractivity contribution in [3.05, 3.63) is 29.8 Å². The third-order valence-electron chi connectivity index (χ3n) is 4.10. The van der Waals surface area contributed by atoms with Crippen LogP contribution in [0, 0.1) is 5.92 Å². The Kier molecular flexibility index (Phi) is 5.51. The lowest BCUT2D eigenvalue weighted by Gasteiger charge is -2.21. The number of ether oxygens (including phenoxy) is 1. The lowest BCUT2D eigenvalue weighted by Crippen LogP contribution is -2.34. The highest BCUT2D eigenvalue weighted by molar-refractivity contribution is 5.77. The average Bonchev–Trinajstić information content (AvgIpc) is 2.86. The van der Waals surface area contributed by atoms with Gasteiger partial charge in [0.15, 0.2) is 0 Å². The summed E-state index contributed by atoms with van der Waals surface area (Å²) in [6.45, 7) is 3.28. The molecule has 4 nitrogen and oxygen atoms in total. The number of nitrogens with two attached hydrogens (primary N) is 1. The highest BCUT2D eigenvalue weighted by Gasteiger charge is 2.32. The number of amides is 1. The Bertz CT molecular complexity index is 531. The van der Waals surface area contributed by atoms with Gasteiger partial charge in [-0.2, -0.15) is 0 Å². The maximum absolute atomic E-state index is 12.3. The molecule has 0 spiro atoms. The summed E-state index contributed by atoms with van der Waals surface area (Å²) in [6.07, 6.45) is -2.95. The molecule has 23 heavy (non-hydrogen) atoms. The van der Waals surface area contributed by atoms with Crippen LogP contribution in [-0.4, -0.2) is 36.3 Å². The Morgan fingerprint density at radius 2 is 2.00 bits per heavy atom. The van der Waals surface area contributed by atoms with E-state index in [1.807, 2.05) is 11.8 Å². The Balaban J connectivity index is 1.85. The first-order valence-electron chi connectivity index (χ1n) is 7.62. The minimum Gasteiger partial charge on any atom is -0.406 e. The van der Waals surface area contributed by atoms with Crippen molar-refractivity contribution in [2.24, 2.45) is 11.7 Å². The second kappa shape index (κ2) is 7.21. The van der Waals surface area contributed by atoms with E-state index in [1.165, 1.54) is 12.1 Å². The second-order valence-electron chi connectivity index (χ2n) is 5.92. The summed E-state index contributed by atoms with van der Waals surface area (Å²) in [5.41, 5.74) is 6.45. The fourth-order valence-electron chi connectivity index (χ4n) is 2.91. The molecule has 2 unspecified atom stereocenters. The Morgan fingerprint density at radius 3 is 2.52 bits per heavy atom. The van der Waals surface area contributed by atoms with Gasteiger partial charge in [0.05, 0.1) is 0 Å². The summed E-state index contributed by atoms with van der Waals surface area (Å²) in [4.78, 5) is 14.1. The van der Waals surface area contributed by atoms with Gasteiger partial charge in [-0.3, -0.25) is 4.79 Å². The van der Waals surface area contributed by atoms with E-state index in [9.17, 15) is 18.0 Å². The number of benzene rings is 1. The Labute approximate surface area is 133 Å². The fourth-order valence-corrected chi connectivity index (χ4v) is 2.91. The number of hydrogen-bond donors (Lipinski definition) is 1. The van der Waals surface area contributed by atoms with Crippen LogP contribution in [0.5, 0.6) is 5.75 Å². The van der Waals surface area contributed by atoms with E-state index < -0.39 is 6.36 Å².